The van der Waals surface area contributed by atoms with Crippen molar-refractivity contribution < 1.29 is 4.79 Å². The molecule has 2 unspecified atom stereocenters. The lowest BCUT2D eigenvalue weighted by Crippen LogP contribution is -2.55. The summed E-state index contributed by atoms with van der Waals surface area (Å²) in [6.45, 7) is 2.93. The molecule has 150 valence electrons. The van der Waals surface area contributed by atoms with E-state index in [0.717, 1.165) is 24.5 Å². The topological polar surface area (TPSA) is 89.1 Å². The van der Waals surface area contributed by atoms with Crippen LogP contribution in [0.3, 0.4) is 0 Å². The molecule has 3 rings (SSSR count). The molecule has 7 nitrogen and oxygen atoms in total. The largest absolute Gasteiger partial charge is 0.352 e. The van der Waals surface area contributed by atoms with Gasteiger partial charge in [-0.25, -0.2) is 0 Å². The fourth-order valence-electron chi connectivity index (χ4n) is 4.39. The predicted octanol–water partition coefficient (Wildman–Crippen LogP) is 1.42. The number of hydrogen-bond donors (Lipinski definition) is 2. The minimum absolute atomic E-state index is 0. The Kier molecular flexibility index (Phi) is 8.79. The van der Waals surface area contributed by atoms with Crippen molar-refractivity contribution in [3.63, 3.8) is 0 Å². The number of carbonyl (C=O) groups excluding carboxylic acids is 1. The van der Waals surface area contributed by atoms with E-state index in [1.165, 1.54) is 19.3 Å². The maximum Gasteiger partial charge on any atom is 0.234 e. The number of fused-ring (bicyclic) bond motifs is 2. The van der Waals surface area contributed by atoms with Gasteiger partial charge in [0.1, 0.15) is 11.6 Å². The second kappa shape index (κ2) is 9.88. The lowest BCUT2D eigenvalue weighted by molar-refractivity contribution is -0.124. The number of hydrogen-bond acceptors (Lipinski definition) is 5. The first-order chi connectivity index (χ1) is 11.4. The first-order valence-corrected chi connectivity index (χ1v) is 9.02. The van der Waals surface area contributed by atoms with Crippen LogP contribution in [0.1, 0.15) is 43.8 Å². The Labute approximate surface area is 168 Å². The van der Waals surface area contributed by atoms with Gasteiger partial charge in [-0.3, -0.25) is 9.69 Å². The maximum absolute atomic E-state index is 12.5. The number of amides is 1. The van der Waals surface area contributed by atoms with E-state index in [4.69, 9.17) is 5.73 Å². The summed E-state index contributed by atoms with van der Waals surface area (Å²) in [6.07, 6.45) is 5.78. The van der Waals surface area contributed by atoms with Gasteiger partial charge in [0.2, 0.25) is 5.91 Å². The van der Waals surface area contributed by atoms with E-state index in [1.807, 2.05) is 30.5 Å². The first kappa shape index (κ1) is 23.1. The van der Waals surface area contributed by atoms with E-state index in [2.05, 4.69) is 15.5 Å². The highest BCUT2D eigenvalue weighted by molar-refractivity contribution is 5.85. The number of nitrogens with zero attached hydrogens (tertiary/aromatic N) is 4. The second-order valence-corrected chi connectivity index (χ2v) is 7.67. The van der Waals surface area contributed by atoms with Crippen LogP contribution in [0.25, 0.3) is 0 Å². The molecule has 1 heterocycles. The number of aryl methyl sites for hydroxylation is 1. The van der Waals surface area contributed by atoms with Gasteiger partial charge in [-0.2, -0.15) is 0 Å². The Balaban J connectivity index is 0.00000169. The summed E-state index contributed by atoms with van der Waals surface area (Å²) >= 11 is 0. The molecule has 0 spiro atoms. The molecule has 0 aliphatic heterocycles. The Hall–Kier alpha value is -0.890. The number of halogens is 2. The van der Waals surface area contributed by atoms with Crippen LogP contribution in [0.2, 0.25) is 0 Å². The van der Waals surface area contributed by atoms with Crippen molar-refractivity contribution in [3.8, 4) is 0 Å². The van der Waals surface area contributed by atoms with Gasteiger partial charge in [-0.1, -0.05) is 6.42 Å². The summed E-state index contributed by atoms with van der Waals surface area (Å²) < 4.78 is 1.96. The van der Waals surface area contributed by atoms with E-state index >= 15 is 0 Å². The summed E-state index contributed by atoms with van der Waals surface area (Å²) in [5.74, 6) is 2.98. The van der Waals surface area contributed by atoms with Crippen LogP contribution in [-0.4, -0.2) is 51.2 Å². The predicted molar refractivity (Wildman–Crippen MR) is 107 cm³/mol. The van der Waals surface area contributed by atoms with E-state index in [1.54, 1.807) is 0 Å². The summed E-state index contributed by atoms with van der Waals surface area (Å²) in [5, 5.41) is 11.5. The average molecular weight is 407 g/mol. The normalized spacial score (nSPS) is 27.4. The van der Waals surface area contributed by atoms with Crippen LogP contribution in [-0.2, 0) is 18.4 Å². The second-order valence-electron chi connectivity index (χ2n) is 7.67. The molecule has 1 aromatic heterocycles. The number of nitrogens with two attached hydrogens (primary N) is 1. The zero-order chi connectivity index (χ0) is 17.3. The van der Waals surface area contributed by atoms with Crippen LogP contribution in [0.4, 0.5) is 0 Å². The number of rotatable bonds is 5. The van der Waals surface area contributed by atoms with Crippen molar-refractivity contribution in [2.75, 3.05) is 13.6 Å². The molecule has 9 heteroatoms. The smallest absolute Gasteiger partial charge is 0.234 e. The van der Waals surface area contributed by atoms with Gasteiger partial charge in [0.05, 0.1) is 13.1 Å². The van der Waals surface area contributed by atoms with E-state index in [-0.39, 0.29) is 30.7 Å². The standard InChI is InChI=1S/C17H30N6O.2ClH/c1-11-20-21-15(23(11)3)9-22(2)10-16(24)19-17-12-5-4-6-13(17)8-14(18)7-12;;/h12-14,17H,4-10,18H2,1-3H3,(H,19,24);2*1H. The molecule has 2 atom stereocenters. The molecular formula is C17H32Cl2N6O. The lowest BCUT2D eigenvalue weighted by Gasteiger charge is -2.45. The van der Waals surface area contributed by atoms with Crippen molar-refractivity contribution >= 4 is 30.7 Å². The molecule has 2 bridgehead atoms. The van der Waals surface area contributed by atoms with E-state index in [9.17, 15) is 4.79 Å². The molecule has 26 heavy (non-hydrogen) atoms. The van der Waals surface area contributed by atoms with Gasteiger partial charge in [0.15, 0.2) is 0 Å². The van der Waals surface area contributed by atoms with Crippen molar-refractivity contribution in [2.24, 2.45) is 24.6 Å². The van der Waals surface area contributed by atoms with Gasteiger partial charge in [0.25, 0.3) is 0 Å². The summed E-state index contributed by atoms with van der Waals surface area (Å²) in [6, 6.07) is 0.631. The molecule has 1 amide bonds. The highest BCUT2D eigenvalue weighted by Gasteiger charge is 2.39. The minimum Gasteiger partial charge on any atom is -0.352 e. The Morgan fingerprint density at radius 2 is 1.88 bits per heavy atom. The van der Waals surface area contributed by atoms with Crippen molar-refractivity contribution in [1.82, 2.24) is 25.0 Å². The maximum atomic E-state index is 12.5. The molecule has 3 N–H and O–H groups in total. The molecule has 1 aromatic rings. The Bertz CT molecular complexity index is 582. The Morgan fingerprint density at radius 1 is 1.27 bits per heavy atom. The van der Waals surface area contributed by atoms with Crippen LogP contribution in [0, 0.1) is 18.8 Å². The average Bonchev–Trinajstić information content (AvgIpc) is 2.80. The monoisotopic (exact) mass is 406 g/mol. The fourth-order valence-corrected chi connectivity index (χ4v) is 4.39. The van der Waals surface area contributed by atoms with Crippen molar-refractivity contribution in [2.45, 2.75) is 57.7 Å². The molecular weight excluding hydrogens is 375 g/mol. The minimum atomic E-state index is 0. The third-order valence-corrected chi connectivity index (χ3v) is 5.71. The van der Waals surface area contributed by atoms with Crippen LogP contribution >= 0.6 is 24.8 Å². The molecule has 2 saturated carbocycles. The van der Waals surface area contributed by atoms with Gasteiger partial charge in [0, 0.05) is 19.1 Å². The van der Waals surface area contributed by atoms with E-state index < -0.39 is 0 Å². The van der Waals surface area contributed by atoms with Crippen LogP contribution in [0.5, 0.6) is 0 Å². The summed E-state index contributed by atoms with van der Waals surface area (Å²) in [4.78, 5) is 14.5. The quantitative estimate of drug-likeness (QED) is 0.771. The molecule has 0 saturated heterocycles. The third-order valence-electron chi connectivity index (χ3n) is 5.71. The van der Waals surface area contributed by atoms with Crippen LogP contribution in [0.15, 0.2) is 0 Å². The van der Waals surface area contributed by atoms with Crippen LogP contribution < -0.4 is 11.1 Å². The number of carbonyl (C=O) groups is 1. The number of aromatic nitrogens is 3. The first-order valence-electron chi connectivity index (χ1n) is 9.02. The van der Waals surface area contributed by atoms with Gasteiger partial charge >= 0.3 is 0 Å². The molecule has 0 radical (unpaired) electrons. The van der Waals surface area contributed by atoms with Crippen molar-refractivity contribution in [3.05, 3.63) is 11.6 Å². The zero-order valence-corrected chi connectivity index (χ0v) is 17.5. The van der Waals surface area contributed by atoms with Crippen molar-refractivity contribution in [1.29, 1.82) is 0 Å². The summed E-state index contributed by atoms with van der Waals surface area (Å²) in [7, 11) is 3.90. The zero-order valence-electron chi connectivity index (χ0n) is 15.9. The lowest BCUT2D eigenvalue weighted by atomic mass is 9.67. The number of likely N-dealkylation sites (N-methyl/N-ethyl adjacent to an activating group) is 1. The molecule has 2 fully saturated rings. The Morgan fingerprint density at radius 3 is 2.42 bits per heavy atom. The molecule has 0 aromatic carbocycles. The number of nitrogens with one attached hydrogen (secondary N) is 1. The highest BCUT2D eigenvalue weighted by Crippen LogP contribution is 2.39. The van der Waals surface area contributed by atoms with Gasteiger partial charge < -0.3 is 15.6 Å². The van der Waals surface area contributed by atoms with Gasteiger partial charge in [-0.15, -0.1) is 35.0 Å². The van der Waals surface area contributed by atoms with Gasteiger partial charge in [-0.05, 0) is 51.5 Å². The van der Waals surface area contributed by atoms with E-state index in [0.29, 0.717) is 37.0 Å². The SMILES string of the molecule is Cc1nnc(CN(C)CC(=O)NC2C3CCCC2CC(N)C3)n1C.Cl.Cl. The highest BCUT2D eigenvalue weighted by atomic mass is 35.5. The molecule has 2 aliphatic carbocycles. The fraction of sp³-hybridized carbons (Fsp3) is 0.824. The molecule has 2 aliphatic rings. The summed E-state index contributed by atoms with van der Waals surface area (Å²) in [5.41, 5.74) is 6.16. The third kappa shape index (κ3) is 5.31.